The molecule has 6 nitrogen and oxygen atoms in total. The van der Waals surface area contributed by atoms with Crippen molar-refractivity contribution in [2.45, 2.75) is 26.3 Å². The van der Waals surface area contributed by atoms with Gasteiger partial charge in [0.05, 0.1) is 18.2 Å². The van der Waals surface area contributed by atoms with E-state index >= 15 is 0 Å². The van der Waals surface area contributed by atoms with E-state index in [1.165, 1.54) is 11.3 Å². The van der Waals surface area contributed by atoms with Gasteiger partial charge in [0.2, 0.25) is 5.78 Å². The molecule has 2 aromatic rings. The number of fused-ring (bicyclic) bond motifs is 1. The average Bonchev–Trinajstić information content (AvgIpc) is 3.32. The summed E-state index contributed by atoms with van der Waals surface area (Å²) < 4.78 is 11.2. The lowest BCUT2D eigenvalue weighted by atomic mass is 10.00. The van der Waals surface area contributed by atoms with Crippen molar-refractivity contribution >= 4 is 29.1 Å². The van der Waals surface area contributed by atoms with Gasteiger partial charge in [0.25, 0.3) is 5.91 Å². The van der Waals surface area contributed by atoms with Crippen LogP contribution < -0.4 is 14.8 Å². The quantitative estimate of drug-likeness (QED) is 0.663. The van der Waals surface area contributed by atoms with Crippen LogP contribution >= 0.6 is 11.3 Å². The van der Waals surface area contributed by atoms with Crippen LogP contribution in [0.2, 0.25) is 0 Å². The lowest BCUT2D eigenvalue weighted by molar-refractivity contribution is -0.124. The minimum Gasteiger partial charge on any atom is -0.484 e. The molecule has 0 bridgehead atoms. The molecule has 0 saturated carbocycles. The van der Waals surface area contributed by atoms with E-state index in [1.807, 2.05) is 31.4 Å². The van der Waals surface area contributed by atoms with E-state index in [2.05, 4.69) is 5.32 Å². The molecule has 1 amide bonds. The first-order valence-corrected chi connectivity index (χ1v) is 10.0. The number of rotatable bonds is 8. The number of Topliss-reactive ketones (excluding diaryl/α,β-unsaturated/α-hetero) is 1. The molecule has 2 heterocycles. The van der Waals surface area contributed by atoms with Crippen molar-refractivity contribution in [3.8, 4) is 11.5 Å². The maximum atomic E-state index is 12.4. The minimum atomic E-state index is -0.310. The van der Waals surface area contributed by atoms with Crippen LogP contribution in [0.1, 0.15) is 35.5 Å². The van der Waals surface area contributed by atoms with Crippen molar-refractivity contribution in [2.75, 3.05) is 13.2 Å². The Labute approximate surface area is 167 Å². The lowest BCUT2D eigenvalue weighted by Crippen LogP contribution is -2.43. The van der Waals surface area contributed by atoms with Crippen molar-refractivity contribution in [3.05, 3.63) is 51.9 Å². The highest BCUT2D eigenvalue weighted by Crippen LogP contribution is 2.35. The summed E-state index contributed by atoms with van der Waals surface area (Å²) in [5, 5.41) is 14.1. The minimum absolute atomic E-state index is 0.116. The highest BCUT2D eigenvalue weighted by molar-refractivity contribution is 7.10. The third-order valence-corrected chi connectivity index (χ3v) is 5.52. The average molecular weight is 401 g/mol. The van der Waals surface area contributed by atoms with Crippen molar-refractivity contribution in [3.63, 3.8) is 0 Å². The van der Waals surface area contributed by atoms with Gasteiger partial charge in [-0.25, -0.2) is 0 Å². The fourth-order valence-corrected chi connectivity index (χ4v) is 3.46. The van der Waals surface area contributed by atoms with Gasteiger partial charge in [-0.15, -0.1) is 11.3 Å². The van der Waals surface area contributed by atoms with Gasteiger partial charge in [-0.05, 0) is 29.5 Å². The first-order chi connectivity index (χ1) is 13.5. The molecule has 1 aliphatic heterocycles. The molecule has 3 rings (SSSR count). The van der Waals surface area contributed by atoms with Gasteiger partial charge >= 0.3 is 0 Å². The van der Waals surface area contributed by atoms with E-state index < -0.39 is 0 Å². The SMILES string of the molecule is CCC(C)[C@@H](CO)NC(=O)COc1ccc2c(c1)O/C(=C\c1cccs1)C2=O. The third-order valence-electron chi connectivity index (χ3n) is 4.70. The predicted octanol–water partition coefficient (Wildman–Crippen LogP) is 3.27. The standard InChI is InChI=1S/C21H23NO5S/c1-3-13(2)17(11-23)22-20(24)12-26-14-6-7-16-18(9-14)27-19(21(16)25)10-15-5-4-8-28-15/h4-10,13,17,23H,3,11-12H2,1-2H3,(H,22,24)/b19-10-/t13?,17-/m1/s1. The van der Waals surface area contributed by atoms with E-state index in [4.69, 9.17) is 9.47 Å². The molecule has 148 valence electrons. The Morgan fingerprint density at radius 2 is 2.21 bits per heavy atom. The van der Waals surface area contributed by atoms with Crippen LogP contribution in [-0.4, -0.2) is 36.1 Å². The molecule has 0 radical (unpaired) electrons. The van der Waals surface area contributed by atoms with E-state index in [9.17, 15) is 14.7 Å². The normalized spacial score (nSPS) is 16.4. The largest absolute Gasteiger partial charge is 0.484 e. The maximum Gasteiger partial charge on any atom is 0.258 e. The van der Waals surface area contributed by atoms with Gasteiger partial charge in [-0.1, -0.05) is 26.3 Å². The van der Waals surface area contributed by atoms with Crippen LogP contribution in [0.3, 0.4) is 0 Å². The summed E-state index contributed by atoms with van der Waals surface area (Å²) in [6, 6.07) is 8.39. The Morgan fingerprint density at radius 1 is 1.39 bits per heavy atom. The second-order valence-corrected chi connectivity index (χ2v) is 7.62. The number of aliphatic hydroxyl groups is 1. The molecule has 1 unspecified atom stereocenters. The molecule has 0 aliphatic carbocycles. The van der Waals surface area contributed by atoms with Gasteiger partial charge in [-0.2, -0.15) is 0 Å². The van der Waals surface area contributed by atoms with E-state index in [-0.39, 0.29) is 42.6 Å². The molecule has 1 aliphatic rings. The van der Waals surface area contributed by atoms with Crippen LogP contribution in [-0.2, 0) is 4.79 Å². The van der Waals surface area contributed by atoms with E-state index in [0.717, 1.165) is 11.3 Å². The number of ketones is 1. The van der Waals surface area contributed by atoms with Crippen LogP contribution in [0.5, 0.6) is 11.5 Å². The zero-order valence-electron chi connectivity index (χ0n) is 15.8. The Hall–Kier alpha value is -2.64. The monoisotopic (exact) mass is 401 g/mol. The molecule has 28 heavy (non-hydrogen) atoms. The topological polar surface area (TPSA) is 84.9 Å². The molecule has 2 atom stereocenters. The fraction of sp³-hybridized carbons (Fsp3) is 0.333. The summed E-state index contributed by atoms with van der Waals surface area (Å²) in [7, 11) is 0. The first kappa shape index (κ1) is 20.1. The number of thiophene rings is 1. The number of carbonyl (C=O) groups is 2. The Balaban J connectivity index is 1.61. The number of hydrogen-bond donors (Lipinski definition) is 2. The highest BCUT2D eigenvalue weighted by Gasteiger charge is 2.28. The Bertz CT molecular complexity index is 875. The summed E-state index contributed by atoms with van der Waals surface area (Å²) in [4.78, 5) is 25.4. The van der Waals surface area contributed by atoms with Crippen LogP contribution in [0.4, 0.5) is 0 Å². The molecule has 1 aromatic heterocycles. The van der Waals surface area contributed by atoms with Gasteiger partial charge < -0.3 is 19.9 Å². The third kappa shape index (κ3) is 4.61. The molecule has 0 spiro atoms. The molecular formula is C21H23NO5S. The fourth-order valence-electron chi connectivity index (χ4n) is 2.81. The Morgan fingerprint density at radius 3 is 2.89 bits per heavy atom. The van der Waals surface area contributed by atoms with Gasteiger partial charge in [0.15, 0.2) is 12.4 Å². The van der Waals surface area contributed by atoms with Gasteiger partial charge in [0.1, 0.15) is 11.5 Å². The van der Waals surface area contributed by atoms with Gasteiger partial charge in [0, 0.05) is 17.0 Å². The number of allylic oxidation sites excluding steroid dienone is 1. The van der Waals surface area contributed by atoms with Crippen LogP contribution in [0.25, 0.3) is 6.08 Å². The molecule has 1 aromatic carbocycles. The van der Waals surface area contributed by atoms with E-state index in [0.29, 0.717) is 17.1 Å². The second-order valence-electron chi connectivity index (χ2n) is 6.64. The summed E-state index contributed by atoms with van der Waals surface area (Å²) in [5.74, 6) is 0.803. The summed E-state index contributed by atoms with van der Waals surface area (Å²) >= 11 is 1.52. The summed E-state index contributed by atoms with van der Waals surface area (Å²) in [6.07, 6.45) is 2.56. The van der Waals surface area contributed by atoms with E-state index in [1.54, 1.807) is 24.3 Å². The lowest BCUT2D eigenvalue weighted by Gasteiger charge is -2.22. The second kappa shape index (κ2) is 9.03. The smallest absolute Gasteiger partial charge is 0.258 e. The maximum absolute atomic E-state index is 12.4. The zero-order valence-corrected chi connectivity index (χ0v) is 16.6. The number of nitrogens with one attached hydrogen (secondary N) is 1. The Kier molecular flexibility index (Phi) is 6.49. The van der Waals surface area contributed by atoms with Crippen LogP contribution in [0.15, 0.2) is 41.5 Å². The van der Waals surface area contributed by atoms with Crippen molar-refractivity contribution in [1.29, 1.82) is 0 Å². The number of benzene rings is 1. The van der Waals surface area contributed by atoms with Crippen molar-refractivity contribution in [2.24, 2.45) is 5.92 Å². The number of carbonyl (C=O) groups excluding carboxylic acids is 2. The summed E-state index contributed by atoms with van der Waals surface area (Å²) in [5.41, 5.74) is 0.469. The molecule has 7 heteroatoms. The molecular weight excluding hydrogens is 378 g/mol. The first-order valence-electron chi connectivity index (χ1n) is 9.16. The highest BCUT2D eigenvalue weighted by atomic mass is 32.1. The van der Waals surface area contributed by atoms with Crippen molar-refractivity contribution in [1.82, 2.24) is 5.32 Å². The molecule has 2 N–H and O–H groups in total. The predicted molar refractivity (Wildman–Crippen MR) is 108 cm³/mol. The van der Waals surface area contributed by atoms with Crippen LogP contribution in [0, 0.1) is 5.92 Å². The summed E-state index contributed by atoms with van der Waals surface area (Å²) in [6.45, 7) is 3.67. The molecule has 0 saturated heterocycles. The number of hydrogen-bond acceptors (Lipinski definition) is 6. The number of aliphatic hydroxyl groups excluding tert-OH is 1. The van der Waals surface area contributed by atoms with Gasteiger partial charge in [-0.3, -0.25) is 9.59 Å². The van der Waals surface area contributed by atoms with Crippen molar-refractivity contribution < 1.29 is 24.2 Å². The number of amides is 1. The molecule has 0 fully saturated rings. The zero-order chi connectivity index (χ0) is 20.1. The number of ether oxygens (including phenoxy) is 2.